The summed E-state index contributed by atoms with van der Waals surface area (Å²) >= 11 is 5.94. The molecule has 1 aromatic heterocycles. The first-order valence-electron chi connectivity index (χ1n) is 5.16. The highest BCUT2D eigenvalue weighted by molar-refractivity contribution is 6.32. The topological polar surface area (TPSA) is 51.3 Å². The second-order valence-electron chi connectivity index (χ2n) is 3.48. The van der Waals surface area contributed by atoms with Crippen molar-refractivity contribution in [3.8, 4) is 5.88 Å². The number of rotatable bonds is 4. The normalized spacial score (nSPS) is 10.7. The van der Waals surface area contributed by atoms with E-state index < -0.39 is 0 Å². The zero-order chi connectivity index (χ0) is 12.3. The van der Waals surface area contributed by atoms with Crippen LogP contribution in [0, 0.1) is 0 Å². The van der Waals surface area contributed by atoms with Crippen molar-refractivity contribution in [1.29, 1.82) is 0 Å². The third-order valence-electron chi connectivity index (χ3n) is 2.35. The van der Waals surface area contributed by atoms with Gasteiger partial charge in [0.25, 0.3) is 0 Å². The van der Waals surface area contributed by atoms with Crippen LogP contribution in [-0.4, -0.2) is 25.3 Å². The van der Waals surface area contributed by atoms with Gasteiger partial charge in [-0.3, -0.25) is 4.79 Å². The number of pyridine rings is 1. The summed E-state index contributed by atoms with van der Waals surface area (Å²) in [5, 5.41) is 0.622. The number of para-hydroxylation sites is 1. The van der Waals surface area contributed by atoms with Crippen LogP contribution in [0.2, 0.25) is 5.02 Å². The SMILES string of the molecule is COCCOc1[nH]c2ccccc2c(=O)c1Cl. The summed E-state index contributed by atoms with van der Waals surface area (Å²) in [4.78, 5) is 14.9. The van der Waals surface area contributed by atoms with E-state index in [0.717, 1.165) is 0 Å². The second-order valence-corrected chi connectivity index (χ2v) is 3.86. The maximum absolute atomic E-state index is 11.9. The lowest BCUT2D eigenvalue weighted by Gasteiger charge is -2.08. The van der Waals surface area contributed by atoms with E-state index in [1.54, 1.807) is 25.3 Å². The van der Waals surface area contributed by atoms with Crippen LogP contribution in [0.4, 0.5) is 0 Å². The lowest BCUT2D eigenvalue weighted by Crippen LogP contribution is -2.11. The van der Waals surface area contributed by atoms with Gasteiger partial charge in [-0.15, -0.1) is 0 Å². The fourth-order valence-electron chi connectivity index (χ4n) is 1.52. The van der Waals surface area contributed by atoms with E-state index in [2.05, 4.69) is 4.98 Å². The first-order chi connectivity index (χ1) is 8.24. The van der Waals surface area contributed by atoms with Gasteiger partial charge in [-0.05, 0) is 12.1 Å². The van der Waals surface area contributed by atoms with Crippen molar-refractivity contribution >= 4 is 22.5 Å². The second kappa shape index (κ2) is 5.21. The van der Waals surface area contributed by atoms with E-state index in [1.165, 1.54) is 0 Å². The predicted octanol–water partition coefficient (Wildman–Crippen LogP) is 2.21. The molecule has 5 heteroatoms. The van der Waals surface area contributed by atoms with Gasteiger partial charge in [-0.1, -0.05) is 23.7 Å². The largest absolute Gasteiger partial charge is 0.475 e. The molecule has 0 unspecified atom stereocenters. The molecule has 0 aliphatic rings. The highest BCUT2D eigenvalue weighted by atomic mass is 35.5. The Hall–Kier alpha value is -1.52. The maximum atomic E-state index is 11.9. The first-order valence-corrected chi connectivity index (χ1v) is 5.54. The lowest BCUT2D eigenvalue weighted by atomic mass is 10.2. The monoisotopic (exact) mass is 253 g/mol. The number of methoxy groups -OCH3 is 1. The van der Waals surface area contributed by atoms with Crippen LogP contribution in [-0.2, 0) is 4.74 Å². The number of fused-ring (bicyclic) bond motifs is 1. The van der Waals surface area contributed by atoms with Gasteiger partial charge in [0.05, 0.1) is 12.1 Å². The summed E-state index contributed by atoms with van der Waals surface area (Å²) in [6.45, 7) is 0.773. The van der Waals surface area contributed by atoms with E-state index in [9.17, 15) is 4.79 Å². The maximum Gasteiger partial charge on any atom is 0.214 e. The predicted molar refractivity (Wildman–Crippen MR) is 66.9 cm³/mol. The van der Waals surface area contributed by atoms with Crippen LogP contribution in [0.5, 0.6) is 5.88 Å². The number of aromatic amines is 1. The minimum absolute atomic E-state index is 0.0693. The molecule has 17 heavy (non-hydrogen) atoms. The Morgan fingerprint density at radius 3 is 2.82 bits per heavy atom. The summed E-state index contributed by atoms with van der Waals surface area (Å²) in [7, 11) is 1.58. The van der Waals surface area contributed by atoms with Crippen LogP contribution < -0.4 is 10.2 Å². The van der Waals surface area contributed by atoms with Crippen LogP contribution >= 0.6 is 11.6 Å². The van der Waals surface area contributed by atoms with Crippen LogP contribution in [0.15, 0.2) is 29.1 Å². The van der Waals surface area contributed by atoms with Gasteiger partial charge >= 0.3 is 0 Å². The lowest BCUT2D eigenvalue weighted by molar-refractivity contribution is 0.144. The number of benzene rings is 1. The van der Waals surface area contributed by atoms with E-state index in [1.807, 2.05) is 6.07 Å². The molecule has 0 atom stereocenters. The van der Waals surface area contributed by atoms with Crippen LogP contribution in [0.25, 0.3) is 10.9 Å². The molecule has 0 amide bonds. The van der Waals surface area contributed by atoms with Crippen molar-refractivity contribution in [2.45, 2.75) is 0 Å². The Kier molecular flexibility index (Phi) is 3.66. The zero-order valence-corrected chi connectivity index (χ0v) is 10.1. The highest BCUT2D eigenvalue weighted by Crippen LogP contribution is 2.21. The Balaban J connectivity index is 2.43. The summed E-state index contributed by atoms with van der Waals surface area (Å²) < 4.78 is 10.2. The summed E-state index contributed by atoms with van der Waals surface area (Å²) in [5.41, 5.74) is 0.475. The number of hydrogen-bond donors (Lipinski definition) is 1. The van der Waals surface area contributed by atoms with Crippen molar-refractivity contribution in [1.82, 2.24) is 4.98 Å². The molecule has 2 rings (SSSR count). The van der Waals surface area contributed by atoms with E-state index in [-0.39, 0.29) is 16.3 Å². The minimum Gasteiger partial charge on any atom is -0.475 e. The van der Waals surface area contributed by atoms with Crippen LogP contribution in [0.1, 0.15) is 0 Å². The summed E-state index contributed by atoms with van der Waals surface area (Å²) in [6.07, 6.45) is 0. The third-order valence-corrected chi connectivity index (χ3v) is 2.70. The standard InChI is InChI=1S/C12H12ClNO3/c1-16-6-7-17-12-10(13)11(15)8-4-2-3-5-9(8)14-12/h2-5H,6-7H2,1H3,(H,14,15). The zero-order valence-electron chi connectivity index (χ0n) is 9.33. The molecule has 4 nitrogen and oxygen atoms in total. The van der Waals surface area contributed by atoms with Gasteiger partial charge in [0.15, 0.2) is 0 Å². The molecule has 0 bridgehead atoms. The Morgan fingerprint density at radius 1 is 1.29 bits per heavy atom. The number of aromatic nitrogens is 1. The molecule has 0 saturated heterocycles. The Morgan fingerprint density at radius 2 is 2.06 bits per heavy atom. The molecule has 0 saturated carbocycles. The Bertz CT molecular complexity index is 579. The van der Waals surface area contributed by atoms with Gasteiger partial charge < -0.3 is 14.5 Å². The Labute approximate surface area is 103 Å². The molecule has 0 aliphatic carbocycles. The van der Waals surface area contributed by atoms with Gasteiger partial charge in [0, 0.05) is 12.5 Å². The molecule has 1 heterocycles. The van der Waals surface area contributed by atoms with E-state index in [4.69, 9.17) is 21.1 Å². The minimum atomic E-state index is -0.228. The van der Waals surface area contributed by atoms with Gasteiger partial charge in [0.2, 0.25) is 11.3 Å². The summed E-state index contributed by atoms with van der Waals surface area (Å²) in [5.74, 6) is 0.285. The van der Waals surface area contributed by atoms with Crippen molar-refractivity contribution in [3.05, 3.63) is 39.5 Å². The summed E-state index contributed by atoms with van der Waals surface area (Å²) in [6, 6.07) is 7.15. The third kappa shape index (κ3) is 2.43. The number of H-pyrrole nitrogens is 1. The molecule has 1 N–H and O–H groups in total. The van der Waals surface area contributed by atoms with Crippen molar-refractivity contribution in [2.24, 2.45) is 0 Å². The number of nitrogens with one attached hydrogen (secondary N) is 1. The molecular formula is C12H12ClNO3. The molecule has 0 radical (unpaired) electrons. The van der Waals surface area contributed by atoms with E-state index in [0.29, 0.717) is 24.1 Å². The number of halogens is 1. The smallest absolute Gasteiger partial charge is 0.214 e. The average molecular weight is 254 g/mol. The molecule has 2 aromatic rings. The van der Waals surface area contributed by atoms with Gasteiger partial charge in [-0.25, -0.2) is 0 Å². The van der Waals surface area contributed by atoms with Gasteiger partial charge in [-0.2, -0.15) is 0 Å². The molecule has 1 aromatic carbocycles. The van der Waals surface area contributed by atoms with E-state index >= 15 is 0 Å². The fraction of sp³-hybridized carbons (Fsp3) is 0.250. The molecule has 90 valence electrons. The molecule has 0 aliphatic heterocycles. The molecule has 0 spiro atoms. The van der Waals surface area contributed by atoms with Gasteiger partial charge in [0.1, 0.15) is 11.6 Å². The number of ether oxygens (including phenoxy) is 2. The molecule has 0 fully saturated rings. The van der Waals surface area contributed by atoms with Crippen molar-refractivity contribution in [2.75, 3.05) is 20.3 Å². The quantitative estimate of drug-likeness (QED) is 0.850. The van der Waals surface area contributed by atoms with Crippen LogP contribution in [0.3, 0.4) is 0 Å². The first kappa shape index (κ1) is 12.0. The molecular weight excluding hydrogens is 242 g/mol. The average Bonchev–Trinajstić information content (AvgIpc) is 2.35. The fourth-order valence-corrected chi connectivity index (χ4v) is 1.72. The highest BCUT2D eigenvalue weighted by Gasteiger charge is 2.10. The number of hydrogen-bond acceptors (Lipinski definition) is 3. The van der Waals surface area contributed by atoms with Crippen molar-refractivity contribution in [3.63, 3.8) is 0 Å². The van der Waals surface area contributed by atoms with Crippen molar-refractivity contribution < 1.29 is 9.47 Å².